The minimum Gasteiger partial charge on any atom is -0.497 e. The van der Waals surface area contributed by atoms with Crippen LogP contribution in [0.25, 0.3) is 10.8 Å². The van der Waals surface area contributed by atoms with Crippen LogP contribution in [-0.4, -0.2) is 72.1 Å². The number of pyridine rings is 1. The van der Waals surface area contributed by atoms with Crippen molar-refractivity contribution in [3.8, 4) is 11.5 Å². The number of nitrogens with zero attached hydrogens (tertiary/aromatic N) is 1. The number of amides is 3. The molecule has 5 N–H and O–H groups in total. The standard InChI is InChI=1S/C34H39BN4O7/c1-21(2)30(33(41)38-29(35(43)44)20-23-11-15-26(46-4)16-12-23)39-32(40)28(19-22-9-13-25(45-3)14-10-22)37-34(42)31-27-8-6-5-7-24(27)17-18-36-31/h5-18,21,28-30,43-44H,19-20H2,1-4H3,(H,37,42)(H,38,41)(H,39,40)/t28-,29-,30-/m0/s1. The van der Waals surface area contributed by atoms with Crippen LogP contribution in [0, 0.1) is 5.92 Å². The smallest absolute Gasteiger partial charge is 0.475 e. The van der Waals surface area contributed by atoms with Crippen molar-refractivity contribution in [2.75, 3.05) is 14.2 Å². The van der Waals surface area contributed by atoms with Gasteiger partial charge >= 0.3 is 7.12 Å². The number of nitrogens with one attached hydrogen (secondary N) is 3. The highest BCUT2D eigenvalue weighted by Gasteiger charge is 2.33. The molecule has 4 rings (SSSR count). The van der Waals surface area contributed by atoms with E-state index in [1.54, 1.807) is 94.8 Å². The van der Waals surface area contributed by atoms with Gasteiger partial charge in [-0.2, -0.15) is 0 Å². The largest absolute Gasteiger partial charge is 0.497 e. The van der Waals surface area contributed by atoms with Gasteiger partial charge in [0.2, 0.25) is 11.8 Å². The average molecular weight is 627 g/mol. The summed E-state index contributed by atoms with van der Waals surface area (Å²) in [5.74, 6) is -1.87. The van der Waals surface area contributed by atoms with Crippen LogP contribution in [0.2, 0.25) is 0 Å². The van der Waals surface area contributed by atoms with Gasteiger partial charge in [-0.15, -0.1) is 0 Å². The number of aromatic nitrogens is 1. The third kappa shape index (κ3) is 8.83. The maximum absolute atomic E-state index is 13.8. The molecule has 46 heavy (non-hydrogen) atoms. The van der Waals surface area contributed by atoms with Gasteiger partial charge in [0, 0.05) is 18.0 Å². The van der Waals surface area contributed by atoms with E-state index in [-0.39, 0.29) is 24.5 Å². The summed E-state index contributed by atoms with van der Waals surface area (Å²) in [5, 5.41) is 29.9. The molecule has 0 aliphatic rings. The maximum atomic E-state index is 13.8. The predicted molar refractivity (Wildman–Crippen MR) is 175 cm³/mol. The van der Waals surface area contributed by atoms with Crippen molar-refractivity contribution in [2.24, 2.45) is 5.92 Å². The first kappa shape index (κ1) is 33.9. The Hall–Kier alpha value is -4.94. The van der Waals surface area contributed by atoms with E-state index in [2.05, 4.69) is 20.9 Å². The van der Waals surface area contributed by atoms with Gasteiger partial charge in [-0.1, -0.05) is 62.4 Å². The Bertz CT molecular complexity index is 1630. The highest BCUT2D eigenvalue weighted by molar-refractivity contribution is 6.43. The van der Waals surface area contributed by atoms with Gasteiger partial charge in [-0.25, -0.2) is 0 Å². The second kappa shape index (κ2) is 15.9. The summed E-state index contributed by atoms with van der Waals surface area (Å²) in [4.78, 5) is 45.1. The zero-order chi connectivity index (χ0) is 33.2. The van der Waals surface area contributed by atoms with Gasteiger partial charge in [0.15, 0.2) is 0 Å². The van der Waals surface area contributed by atoms with Crippen molar-refractivity contribution in [2.45, 2.75) is 44.7 Å². The van der Waals surface area contributed by atoms with E-state index in [1.165, 1.54) is 6.20 Å². The molecular weight excluding hydrogens is 587 g/mol. The molecule has 0 fully saturated rings. The Kier molecular flexibility index (Phi) is 11.7. The van der Waals surface area contributed by atoms with Crippen molar-refractivity contribution in [1.29, 1.82) is 0 Å². The fourth-order valence-electron chi connectivity index (χ4n) is 5.04. The van der Waals surface area contributed by atoms with E-state index in [0.717, 1.165) is 16.5 Å². The van der Waals surface area contributed by atoms with Gasteiger partial charge in [0.1, 0.15) is 29.3 Å². The lowest BCUT2D eigenvalue weighted by Gasteiger charge is -2.27. The molecule has 0 unspecified atom stereocenters. The summed E-state index contributed by atoms with van der Waals surface area (Å²) < 4.78 is 10.4. The Balaban J connectivity index is 1.54. The van der Waals surface area contributed by atoms with Crippen molar-refractivity contribution in [1.82, 2.24) is 20.9 Å². The van der Waals surface area contributed by atoms with Crippen LogP contribution in [0.15, 0.2) is 85.1 Å². The fourth-order valence-corrected chi connectivity index (χ4v) is 5.04. The number of carbonyl (C=O) groups is 3. The number of carbonyl (C=O) groups excluding carboxylic acids is 3. The molecule has 1 aromatic heterocycles. The molecule has 4 aromatic rings. The third-order valence-electron chi connectivity index (χ3n) is 7.66. The Morgan fingerprint density at radius 3 is 1.91 bits per heavy atom. The molecule has 0 radical (unpaired) electrons. The van der Waals surface area contributed by atoms with Gasteiger partial charge in [0.25, 0.3) is 5.91 Å². The number of benzene rings is 3. The van der Waals surface area contributed by atoms with Crippen LogP contribution in [0.3, 0.4) is 0 Å². The Labute approximate surface area is 268 Å². The predicted octanol–water partition coefficient (Wildman–Crippen LogP) is 2.47. The average Bonchev–Trinajstić information content (AvgIpc) is 3.06. The topological polar surface area (TPSA) is 159 Å². The second-order valence-electron chi connectivity index (χ2n) is 11.3. The minimum atomic E-state index is -1.86. The van der Waals surface area contributed by atoms with E-state index in [1.807, 2.05) is 12.1 Å². The lowest BCUT2D eigenvalue weighted by Crippen LogP contribution is -2.59. The summed E-state index contributed by atoms with van der Waals surface area (Å²) in [7, 11) is 1.24. The number of hydrogen-bond donors (Lipinski definition) is 5. The van der Waals surface area contributed by atoms with Crippen LogP contribution in [-0.2, 0) is 22.4 Å². The number of rotatable bonds is 14. The zero-order valence-corrected chi connectivity index (χ0v) is 26.3. The Morgan fingerprint density at radius 1 is 0.761 bits per heavy atom. The van der Waals surface area contributed by atoms with E-state index < -0.39 is 42.9 Å². The van der Waals surface area contributed by atoms with Gasteiger partial charge in [-0.3, -0.25) is 19.4 Å². The molecule has 0 aliphatic carbocycles. The fraction of sp³-hybridized carbons (Fsp3) is 0.294. The first-order valence-corrected chi connectivity index (χ1v) is 15.0. The van der Waals surface area contributed by atoms with E-state index >= 15 is 0 Å². The van der Waals surface area contributed by atoms with E-state index in [0.29, 0.717) is 16.9 Å². The molecule has 0 aliphatic heterocycles. The minimum absolute atomic E-state index is 0.119. The summed E-state index contributed by atoms with van der Waals surface area (Å²) in [6.45, 7) is 3.52. The molecular formula is C34H39BN4O7. The highest BCUT2D eigenvalue weighted by atomic mass is 16.5. The number of ether oxygens (including phenoxy) is 2. The van der Waals surface area contributed by atoms with Gasteiger partial charge < -0.3 is 35.5 Å². The molecule has 3 aromatic carbocycles. The van der Waals surface area contributed by atoms with E-state index in [9.17, 15) is 24.4 Å². The number of fused-ring (bicyclic) bond motifs is 1. The van der Waals surface area contributed by atoms with Crippen LogP contribution in [0.4, 0.5) is 0 Å². The summed E-state index contributed by atoms with van der Waals surface area (Å²) >= 11 is 0. The molecule has 12 heteroatoms. The Morgan fingerprint density at radius 2 is 1.35 bits per heavy atom. The molecule has 11 nitrogen and oxygen atoms in total. The first-order chi connectivity index (χ1) is 22.1. The second-order valence-corrected chi connectivity index (χ2v) is 11.3. The van der Waals surface area contributed by atoms with E-state index in [4.69, 9.17) is 9.47 Å². The summed E-state index contributed by atoms with van der Waals surface area (Å²) in [5.41, 5.74) is 1.66. The summed E-state index contributed by atoms with van der Waals surface area (Å²) in [6.07, 6.45) is 1.78. The lowest BCUT2D eigenvalue weighted by atomic mass is 9.75. The first-order valence-electron chi connectivity index (χ1n) is 15.0. The summed E-state index contributed by atoms with van der Waals surface area (Å²) in [6, 6.07) is 21.1. The lowest BCUT2D eigenvalue weighted by molar-refractivity contribution is -0.131. The highest BCUT2D eigenvalue weighted by Crippen LogP contribution is 2.18. The molecule has 3 atom stereocenters. The van der Waals surface area contributed by atoms with Gasteiger partial charge in [-0.05, 0) is 59.2 Å². The van der Waals surface area contributed by atoms with Crippen LogP contribution < -0.4 is 25.4 Å². The van der Waals surface area contributed by atoms with Crippen LogP contribution in [0.1, 0.15) is 35.5 Å². The molecule has 1 heterocycles. The third-order valence-corrected chi connectivity index (χ3v) is 7.66. The molecule has 0 bridgehead atoms. The maximum Gasteiger partial charge on any atom is 0.475 e. The van der Waals surface area contributed by atoms with Crippen LogP contribution >= 0.6 is 0 Å². The molecule has 3 amide bonds. The van der Waals surface area contributed by atoms with Crippen molar-refractivity contribution >= 4 is 35.6 Å². The zero-order valence-electron chi connectivity index (χ0n) is 26.3. The van der Waals surface area contributed by atoms with Gasteiger partial charge in [0.05, 0.1) is 20.2 Å². The molecule has 0 saturated heterocycles. The SMILES string of the molecule is COc1ccc(C[C@H](NC(=O)[C@@H](NC(=O)[C@H](Cc2ccc(OC)cc2)NC(=O)c2nccc3ccccc23)C(C)C)B(O)O)cc1. The van der Waals surface area contributed by atoms with Crippen molar-refractivity contribution in [3.63, 3.8) is 0 Å². The monoisotopic (exact) mass is 626 g/mol. The number of methoxy groups -OCH3 is 2. The van der Waals surface area contributed by atoms with Crippen molar-refractivity contribution in [3.05, 3.63) is 102 Å². The van der Waals surface area contributed by atoms with Crippen molar-refractivity contribution < 1.29 is 33.9 Å². The molecule has 0 spiro atoms. The quantitative estimate of drug-likeness (QED) is 0.134. The molecule has 240 valence electrons. The number of hydrogen-bond acceptors (Lipinski definition) is 8. The van der Waals surface area contributed by atoms with Crippen LogP contribution in [0.5, 0.6) is 11.5 Å². The normalized spacial score (nSPS) is 12.9. The molecule has 0 saturated carbocycles.